The first kappa shape index (κ1) is 8.63. The van der Waals surface area contributed by atoms with Crippen LogP contribution in [0.3, 0.4) is 0 Å². The molecular weight excluding hydrogens is 132 g/mol. The van der Waals surface area contributed by atoms with E-state index in [0.717, 1.165) is 19.3 Å². The maximum absolute atomic E-state index is 10.1. The second kappa shape index (κ2) is 5.76. The van der Waals surface area contributed by atoms with Crippen molar-refractivity contribution in [2.75, 3.05) is 0 Å². The quantitative estimate of drug-likeness (QED) is 0.436. The standard InChI is InChI=1S/C7H11OS/c1-2-3-4-5-6-7(8)9/h5-6H,2-4H2,1H3/b6-5+. The lowest BCUT2D eigenvalue weighted by Crippen LogP contribution is -1.74. The number of hydrogen-bond donors (Lipinski definition) is 0. The van der Waals surface area contributed by atoms with Crippen LogP contribution >= 0.6 is 12.6 Å². The molecule has 0 saturated heterocycles. The maximum atomic E-state index is 10.1. The fourth-order valence-corrected chi connectivity index (χ4v) is 0.598. The molecule has 0 aromatic rings. The van der Waals surface area contributed by atoms with Crippen LogP contribution in [-0.2, 0) is 4.79 Å². The van der Waals surface area contributed by atoms with Crippen molar-refractivity contribution >= 4 is 17.7 Å². The first-order valence-electron chi connectivity index (χ1n) is 3.15. The molecule has 2 heteroatoms. The van der Waals surface area contributed by atoms with E-state index in [4.69, 9.17) is 0 Å². The zero-order chi connectivity index (χ0) is 7.11. The van der Waals surface area contributed by atoms with Gasteiger partial charge in [-0.25, -0.2) is 0 Å². The molecule has 0 aliphatic carbocycles. The first-order valence-corrected chi connectivity index (χ1v) is 3.55. The van der Waals surface area contributed by atoms with Crippen LogP contribution in [0, 0.1) is 0 Å². The van der Waals surface area contributed by atoms with E-state index in [-0.39, 0.29) is 5.12 Å². The van der Waals surface area contributed by atoms with Crippen molar-refractivity contribution in [2.45, 2.75) is 26.2 Å². The first-order chi connectivity index (χ1) is 4.27. The van der Waals surface area contributed by atoms with Gasteiger partial charge < -0.3 is 0 Å². The van der Waals surface area contributed by atoms with E-state index >= 15 is 0 Å². The minimum Gasteiger partial charge on any atom is -0.277 e. The molecule has 0 unspecified atom stereocenters. The Balaban J connectivity index is 3.15. The lowest BCUT2D eigenvalue weighted by molar-refractivity contribution is -0.106. The second-order valence-electron chi connectivity index (χ2n) is 1.86. The third-order valence-electron chi connectivity index (χ3n) is 0.978. The molecule has 0 aromatic heterocycles. The van der Waals surface area contributed by atoms with E-state index < -0.39 is 0 Å². The third kappa shape index (κ3) is 7.63. The minimum absolute atomic E-state index is 0.272. The Morgan fingerprint density at radius 1 is 1.67 bits per heavy atom. The molecule has 0 rings (SSSR count). The highest BCUT2D eigenvalue weighted by atomic mass is 32.1. The van der Waals surface area contributed by atoms with Crippen LogP contribution in [0.5, 0.6) is 0 Å². The summed E-state index contributed by atoms with van der Waals surface area (Å²) in [7, 11) is 0. The van der Waals surface area contributed by atoms with Crippen molar-refractivity contribution in [1.29, 1.82) is 0 Å². The molecule has 0 aromatic carbocycles. The number of allylic oxidation sites excluding steroid dienone is 1. The number of unbranched alkanes of at least 4 members (excludes halogenated alkanes) is 2. The highest BCUT2D eigenvalue weighted by Gasteiger charge is 1.82. The van der Waals surface area contributed by atoms with Crippen molar-refractivity contribution in [3.63, 3.8) is 0 Å². The smallest absolute Gasteiger partial charge is 0.241 e. The highest BCUT2D eigenvalue weighted by molar-refractivity contribution is 7.97. The van der Waals surface area contributed by atoms with Gasteiger partial charge in [-0.3, -0.25) is 4.79 Å². The fourth-order valence-electron chi connectivity index (χ4n) is 0.502. The fraction of sp³-hybridized carbons (Fsp3) is 0.571. The van der Waals surface area contributed by atoms with E-state index in [1.807, 2.05) is 6.08 Å². The summed E-state index contributed by atoms with van der Waals surface area (Å²) in [5, 5.41) is -0.272. The van der Waals surface area contributed by atoms with E-state index in [1.54, 1.807) is 0 Å². The van der Waals surface area contributed by atoms with Gasteiger partial charge in [0.1, 0.15) is 0 Å². The summed E-state index contributed by atoms with van der Waals surface area (Å²) in [5.74, 6) is 0. The second-order valence-corrected chi connectivity index (χ2v) is 2.27. The van der Waals surface area contributed by atoms with E-state index in [2.05, 4.69) is 19.6 Å². The molecule has 0 aliphatic rings. The van der Waals surface area contributed by atoms with Crippen molar-refractivity contribution in [3.05, 3.63) is 12.2 Å². The van der Waals surface area contributed by atoms with E-state index in [9.17, 15) is 4.79 Å². The van der Waals surface area contributed by atoms with Crippen LogP contribution < -0.4 is 0 Å². The Kier molecular flexibility index (Phi) is 5.52. The molecule has 0 amide bonds. The number of carbonyl (C=O) groups excluding carboxylic acids is 1. The predicted octanol–water partition coefficient (Wildman–Crippen LogP) is 2.46. The molecule has 0 atom stereocenters. The molecule has 0 fully saturated rings. The number of carbonyl (C=O) groups is 1. The summed E-state index contributed by atoms with van der Waals surface area (Å²) >= 11 is 4.30. The van der Waals surface area contributed by atoms with Crippen LogP contribution in [-0.4, -0.2) is 5.12 Å². The van der Waals surface area contributed by atoms with Gasteiger partial charge in [-0.2, -0.15) is 0 Å². The molecule has 0 heterocycles. The van der Waals surface area contributed by atoms with E-state index in [0.29, 0.717) is 0 Å². The molecule has 9 heavy (non-hydrogen) atoms. The Hall–Kier alpha value is -0.370. The average molecular weight is 143 g/mol. The monoisotopic (exact) mass is 143 g/mol. The van der Waals surface area contributed by atoms with Gasteiger partial charge in [0, 0.05) is 0 Å². The molecule has 1 radical (unpaired) electrons. The van der Waals surface area contributed by atoms with Gasteiger partial charge in [-0.05, 0) is 25.1 Å². The molecule has 51 valence electrons. The maximum Gasteiger partial charge on any atom is 0.241 e. The Labute approximate surface area is 61.6 Å². The molecule has 1 nitrogen and oxygen atoms in total. The van der Waals surface area contributed by atoms with Crippen LogP contribution in [0.4, 0.5) is 0 Å². The number of hydrogen-bond acceptors (Lipinski definition) is 1. The topological polar surface area (TPSA) is 17.1 Å². The molecular formula is C7H11OS. The molecule has 0 bridgehead atoms. The Bertz CT molecular complexity index is 107. The molecule has 0 N–H and O–H groups in total. The van der Waals surface area contributed by atoms with Gasteiger partial charge in [0.25, 0.3) is 0 Å². The van der Waals surface area contributed by atoms with Crippen LogP contribution in [0.15, 0.2) is 12.2 Å². The van der Waals surface area contributed by atoms with Gasteiger partial charge in [0.2, 0.25) is 5.12 Å². The molecule has 0 spiro atoms. The summed E-state index contributed by atoms with van der Waals surface area (Å²) in [5.41, 5.74) is 0. The number of rotatable bonds is 4. The summed E-state index contributed by atoms with van der Waals surface area (Å²) in [4.78, 5) is 10.1. The summed E-state index contributed by atoms with van der Waals surface area (Å²) < 4.78 is 0. The highest BCUT2D eigenvalue weighted by Crippen LogP contribution is 1.95. The van der Waals surface area contributed by atoms with Gasteiger partial charge in [0.15, 0.2) is 0 Å². The predicted molar refractivity (Wildman–Crippen MR) is 41.3 cm³/mol. The zero-order valence-electron chi connectivity index (χ0n) is 5.59. The average Bonchev–Trinajstić information content (AvgIpc) is 1.80. The van der Waals surface area contributed by atoms with Crippen LogP contribution in [0.2, 0.25) is 0 Å². The summed E-state index contributed by atoms with van der Waals surface area (Å²) in [6, 6.07) is 0. The normalized spacial score (nSPS) is 10.3. The van der Waals surface area contributed by atoms with Crippen molar-refractivity contribution < 1.29 is 4.79 Å². The van der Waals surface area contributed by atoms with Crippen molar-refractivity contribution in [1.82, 2.24) is 0 Å². The lowest BCUT2D eigenvalue weighted by atomic mass is 10.2. The third-order valence-corrected chi connectivity index (χ3v) is 1.11. The Morgan fingerprint density at radius 2 is 2.33 bits per heavy atom. The van der Waals surface area contributed by atoms with Crippen LogP contribution in [0.25, 0.3) is 0 Å². The minimum atomic E-state index is -0.272. The summed E-state index contributed by atoms with van der Waals surface area (Å²) in [6.45, 7) is 2.11. The van der Waals surface area contributed by atoms with Crippen molar-refractivity contribution in [2.24, 2.45) is 0 Å². The molecule has 0 saturated carbocycles. The van der Waals surface area contributed by atoms with Gasteiger partial charge in [-0.1, -0.05) is 25.8 Å². The lowest BCUT2D eigenvalue weighted by Gasteiger charge is -1.84. The van der Waals surface area contributed by atoms with Crippen LogP contribution in [0.1, 0.15) is 26.2 Å². The van der Waals surface area contributed by atoms with Gasteiger partial charge in [0.05, 0.1) is 0 Å². The zero-order valence-corrected chi connectivity index (χ0v) is 6.41. The van der Waals surface area contributed by atoms with Gasteiger partial charge in [-0.15, -0.1) is 0 Å². The van der Waals surface area contributed by atoms with E-state index in [1.165, 1.54) is 6.08 Å². The molecule has 0 aliphatic heterocycles. The largest absolute Gasteiger partial charge is 0.277 e. The Morgan fingerprint density at radius 3 is 2.78 bits per heavy atom. The van der Waals surface area contributed by atoms with Crippen molar-refractivity contribution in [3.8, 4) is 0 Å². The van der Waals surface area contributed by atoms with Gasteiger partial charge >= 0.3 is 0 Å². The SMILES string of the molecule is CCCC/C=C/C(=O)[S]. The summed E-state index contributed by atoms with van der Waals surface area (Å²) in [6.07, 6.45) is 6.55.